The van der Waals surface area contributed by atoms with E-state index < -0.39 is 17.5 Å². The molecule has 1 atom stereocenters. The lowest BCUT2D eigenvalue weighted by Gasteiger charge is -2.25. The molecule has 0 spiro atoms. The standard InChI is InChI=1S/C20H26N4O3/c1-19(2,3)14-7-9-15(10-8-14)20(4)17(26)24(18(27)22-20)13-16(25)23(5)12-6-11-21/h7-10H,6,12-13H2,1-5H3,(H,22,27). The number of urea groups is 1. The SMILES string of the molecule is CN(CCC#N)C(=O)CN1C(=O)NC(C)(c2ccc(C(C)(C)C)cc2)C1=O. The number of likely N-dealkylation sites (N-methyl/N-ethyl adjacent to an activating group) is 1. The minimum Gasteiger partial charge on any atom is -0.343 e. The van der Waals surface area contributed by atoms with E-state index in [1.165, 1.54) is 4.90 Å². The van der Waals surface area contributed by atoms with Crippen LogP contribution in [0.25, 0.3) is 0 Å². The normalized spacial score (nSPS) is 19.6. The van der Waals surface area contributed by atoms with Gasteiger partial charge in [-0.25, -0.2) is 4.79 Å². The zero-order chi connectivity index (χ0) is 20.4. The van der Waals surface area contributed by atoms with Crippen LogP contribution in [0, 0.1) is 11.3 Å². The average Bonchev–Trinajstić information content (AvgIpc) is 2.83. The number of nitriles is 1. The molecule has 0 bridgehead atoms. The van der Waals surface area contributed by atoms with E-state index in [0.717, 1.165) is 10.5 Å². The molecular weight excluding hydrogens is 344 g/mol. The van der Waals surface area contributed by atoms with Gasteiger partial charge in [0.05, 0.1) is 12.5 Å². The van der Waals surface area contributed by atoms with Crippen molar-refractivity contribution in [3.05, 3.63) is 35.4 Å². The summed E-state index contributed by atoms with van der Waals surface area (Å²) in [6, 6.07) is 8.94. The second-order valence-electron chi connectivity index (χ2n) is 8.00. The van der Waals surface area contributed by atoms with Crippen LogP contribution in [-0.2, 0) is 20.5 Å². The first-order valence-corrected chi connectivity index (χ1v) is 8.86. The van der Waals surface area contributed by atoms with Crippen LogP contribution in [0.5, 0.6) is 0 Å². The second kappa shape index (κ2) is 7.39. The van der Waals surface area contributed by atoms with E-state index in [1.807, 2.05) is 30.3 Å². The van der Waals surface area contributed by atoms with E-state index in [1.54, 1.807) is 14.0 Å². The van der Waals surface area contributed by atoms with Crippen molar-refractivity contribution in [2.45, 2.75) is 45.1 Å². The molecule has 0 radical (unpaired) electrons. The number of nitrogens with zero attached hydrogens (tertiary/aromatic N) is 3. The van der Waals surface area contributed by atoms with Gasteiger partial charge in [-0.1, -0.05) is 45.0 Å². The van der Waals surface area contributed by atoms with Crippen molar-refractivity contribution in [2.24, 2.45) is 0 Å². The maximum atomic E-state index is 12.9. The van der Waals surface area contributed by atoms with Crippen molar-refractivity contribution in [3.8, 4) is 6.07 Å². The lowest BCUT2D eigenvalue weighted by atomic mass is 9.84. The van der Waals surface area contributed by atoms with E-state index in [0.29, 0.717) is 5.56 Å². The van der Waals surface area contributed by atoms with Crippen LogP contribution in [0.3, 0.4) is 0 Å². The zero-order valence-electron chi connectivity index (χ0n) is 16.5. The van der Waals surface area contributed by atoms with Gasteiger partial charge in [0.15, 0.2) is 0 Å². The minimum absolute atomic E-state index is 0.0190. The van der Waals surface area contributed by atoms with Gasteiger partial charge < -0.3 is 10.2 Å². The van der Waals surface area contributed by atoms with Gasteiger partial charge in [-0.05, 0) is 23.5 Å². The van der Waals surface area contributed by atoms with Crippen LogP contribution in [0.1, 0.15) is 45.2 Å². The Kier molecular flexibility index (Phi) is 5.59. The van der Waals surface area contributed by atoms with Crippen LogP contribution < -0.4 is 5.32 Å². The van der Waals surface area contributed by atoms with Gasteiger partial charge >= 0.3 is 6.03 Å². The lowest BCUT2D eigenvalue weighted by molar-refractivity contribution is -0.138. The highest BCUT2D eigenvalue weighted by molar-refractivity contribution is 6.09. The molecule has 1 unspecified atom stereocenters. The van der Waals surface area contributed by atoms with E-state index in [9.17, 15) is 14.4 Å². The Morgan fingerprint density at radius 3 is 2.37 bits per heavy atom. The van der Waals surface area contributed by atoms with Gasteiger partial charge in [-0.2, -0.15) is 5.26 Å². The van der Waals surface area contributed by atoms with Crippen molar-refractivity contribution in [1.82, 2.24) is 15.1 Å². The maximum Gasteiger partial charge on any atom is 0.325 e. The molecular formula is C20H26N4O3. The number of amides is 4. The van der Waals surface area contributed by atoms with Crippen molar-refractivity contribution < 1.29 is 14.4 Å². The summed E-state index contributed by atoms with van der Waals surface area (Å²) in [5.74, 6) is -0.848. The van der Waals surface area contributed by atoms with Crippen LogP contribution in [0.2, 0.25) is 0 Å². The molecule has 0 saturated carbocycles. The Balaban J connectivity index is 2.19. The first-order valence-electron chi connectivity index (χ1n) is 8.86. The molecule has 7 nitrogen and oxygen atoms in total. The lowest BCUT2D eigenvalue weighted by Crippen LogP contribution is -2.43. The highest BCUT2D eigenvalue weighted by Gasteiger charge is 2.49. The van der Waals surface area contributed by atoms with E-state index in [-0.39, 0.29) is 30.8 Å². The predicted octanol–water partition coefficient (Wildman–Crippen LogP) is 2.12. The third-order valence-electron chi connectivity index (χ3n) is 4.88. The maximum absolute atomic E-state index is 12.9. The van der Waals surface area contributed by atoms with Crippen molar-refractivity contribution in [3.63, 3.8) is 0 Å². The molecule has 1 aliphatic heterocycles. The third-order valence-corrected chi connectivity index (χ3v) is 4.88. The quantitative estimate of drug-likeness (QED) is 0.804. The molecule has 1 N–H and O–H groups in total. The first kappa shape index (κ1) is 20.4. The number of hydrogen-bond acceptors (Lipinski definition) is 4. The molecule has 144 valence electrons. The average molecular weight is 370 g/mol. The molecule has 0 aromatic heterocycles. The van der Waals surface area contributed by atoms with Crippen LogP contribution in [0.4, 0.5) is 4.79 Å². The molecule has 1 heterocycles. The number of carbonyl (C=O) groups excluding carboxylic acids is 3. The fourth-order valence-electron chi connectivity index (χ4n) is 2.94. The number of benzene rings is 1. The van der Waals surface area contributed by atoms with Crippen LogP contribution in [-0.4, -0.2) is 47.8 Å². The molecule has 1 saturated heterocycles. The first-order chi connectivity index (χ1) is 12.5. The van der Waals surface area contributed by atoms with E-state index >= 15 is 0 Å². The minimum atomic E-state index is -1.21. The second-order valence-corrected chi connectivity index (χ2v) is 8.00. The Hall–Kier alpha value is -2.88. The topological polar surface area (TPSA) is 93.5 Å². The summed E-state index contributed by atoms with van der Waals surface area (Å²) in [6.07, 6.45) is 0.195. The zero-order valence-corrected chi connectivity index (χ0v) is 16.5. The number of carbonyl (C=O) groups is 3. The van der Waals surface area contributed by atoms with Crippen molar-refractivity contribution in [1.29, 1.82) is 5.26 Å². The predicted molar refractivity (Wildman–Crippen MR) is 101 cm³/mol. The van der Waals surface area contributed by atoms with Gasteiger partial charge in [0, 0.05) is 13.6 Å². The van der Waals surface area contributed by atoms with Crippen LogP contribution >= 0.6 is 0 Å². The number of rotatable bonds is 5. The summed E-state index contributed by atoms with van der Waals surface area (Å²) < 4.78 is 0. The molecule has 4 amide bonds. The summed E-state index contributed by atoms with van der Waals surface area (Å²) in [5.41, 5.74) is 0.563. The van der Waals surface area contributed by atoms with Gasteiger partial charge in [0.1, 0.15) is 12.1 Å². The summed E-state index contributed by atoms with van der Waals surface area (Å²) in [7, 11) is 1.54. The molecule has 0 aliphatic carbocycles. The van der Waals surface area contributed by atoms with Gasteiger partial charge in [0.2, 0.25) is 5.91 Å². The van der Waals surface area contributed by atoms with Gasteiger partial charge in [0.25, 0.3) is 5.91 Å². The number of nitrogens with one attached hydrogen (secondary N) is 1. The fourth-order valence-corrected chi connectivity index (χ4v) is 2.94. The summed E-state index contributed by atoms with van der Waals surface area (Å²) in [5, 5.41) is 11.3. The highest BCUT2D eigenvalue weighted by Crippen LogP contribution is 2.31. The van der Waals surface area contributed by atoms with E-state index in [4.69, 9.17) is 5.26 Å². The van der Waals surface area contributed by atoms with Crippen molar-refractivity contribution >= 4 is 17.8 Å². The monoisotopic (exact) mass is 370 g/mol. The Labute approximate surface area is 159 Å². The molecule has 1 aromatic rings. The molecule has 7 heteroatoms. The Morgan fingerprint density at radius 1 is 1.26 bits per heavy atom. The largest absolute Gasteiger partial charge is 0.343 e. The summed E-state index contributed by atoms with van der Waals surface area (Å²) >= 11 is 0. The molecule has 2 rings (SSSR count). The van der Waals surface area contributed by atoms with Crippen LogP contribution in [0.15, 0.2) is 24.3 Å². The third kappa shape index (κ3) is 4.11. The molecule has 27 heavy (non-hydrogen) atoms. The number of hydrogen-bond donors (Lipinski definition) is 1. The summed E-state index contributed by atoms with van der Waals surface area (Å²) in [6.45, 7) is 7.85. The fraction of sp³-hybridized carbons (Fsp3) is 0.500. The van der Waals surface area contributed by atoms with Gasteiger partial charge in [-0.15, -0.1) is 0 Å². The molecule has 1 aromatic carbocycles. The molecule has 1 aliphatic rings. The summed E-state index contributed by atoms with van der Waals surface area (Å²) in [4.78, 5) is 39.8. The van der Waals surface area contributed by atoms with E-state index in [2.05, 4.69) is 26.1 Å². The highest BCUT2D eigenvalue weighted by atomic mass is 16.2. The van der Waals surface area contributed by atoms with Crippen molar-refractivity contribution in [2.75, 3.05) is 20.1 Å². The molecule has 1 fully saturated rings. The number of imide groups is 1. The smallest absolute Gasteiger partial charge is 0.325 e. The Bertz CT molecular complexity index is 789. The Morgan fingerprint density at radius 2 is 1.85 bits per heavy atom. The van der Waals surface area contributed by atoms with Gasteiger partial charge in [-0.3, -0.25) is 14.5 Å².